The maximum atomic E-state index is 10.3. The number of aryl methyl sites for hydroxylation is 1. The van der Waals surface area contributed by atoms with E-state index in [0.717, 1.165) is 22.6 Å². The van der Waals surface area contributed by atoms with Crippen molar-refractivity contribution in [2.45, 2.75) is 25.9 Å². The molecule has 0 radical (unpaired) electrons. The molecule has 0 aliphatic carbocycles. The Morgan fingerprint density at radius 2 is 1.67 bits per heavy atom. The Labute approximate surface area is 126 Å². The van der Waals surface area contributed by atoms with Crippen LogP contribution in [0.3, 0.4) is 0 Å². The van der Waals surface area contributed by atoms with Crippen molar-refractivity contribution in [2.24, 2.45) is 0 Å². The average molecular weight is 286 g/mol. The van der Waals surface area contributed by atoms with Crippen LogP contribution in [-0.2, 0) is 12.8 Å². The van der Waals surface area contributed by atoms with Crippen molar-refractivity contribution in [3.05, 3.63) is 59.2 Å². The van der Waals surface area contributed by atoms with E-state index in [4.69, 9.17) is 9.47 Å². The zero-order chi connectivity index (χ0) is 15.2. The van der Waals surface area contributed by atoms with E-state index in [-0.39, 0.29) is 0 Å². The van der Waals surface area contributed by atoms with Crippen LogP contribution in [-0.4, -0.2) is 25.4 Å². The summed E-state index contributed by atoms with van der Waals surface area (Å²) in [6, 6.07) is 13.8. The Hall–Kier alpha value is -2.00. The number of hydrogen-bond donors (Lipinski definition) is 1. The molecular formula is C18H22O3. The predicted octanol–water partition coefficient (Wildman–Crippen LogP) is 3.16. The molecule has 1 atom stereocenters. The Balaban J connectivity index is 2.03. The lowest BCUT2D eigenvalue weighted by molar-refractivity contribution is 0.174. The fourth-order valence-corrected chi connectivity index (χ4v) is 2.43. The fourth-order valence-electron chi connectivity index (χ4n) is 2.43. The lowest BCUT2D eigenvalue weighted by atomic mass is 9.99. The lowest BCUT2D eigenvalue weighted by Crippen LogP contribution is -2.14. The van der Waals surface area contributed by atoms with E-state index in [1.54, 1.807) is 14.2 Å². The highest BCUT2D eigenvalue weighted by Crippen LogP contribution is 2.22. The highest BCUT2D eigenvalue weighted by Gasteiger charge is 2.11. The second-order valence-corrected chi connectivity index (χ2v) is 5.23. The van der Waals surface area contributed by atoms with Crippen LogP contribution in [0.5, 0.6) is 11.5 Å². The number of hydrogen-bond acceptors (Lipinski definition) is 3. The van der Waals surface area contributed by atoms with Gasteiger partial charge in [-0.05, 0) is 42.7 Å². The summed E-state index contributed by atoms with van der Waals surface area (Å²) in [7, 11) is 3.30. The number of methoxy groups -OCH3 is 2. The van der Waals surface area contributed by atoms with Gasteiger partial charge in [-0.25, -0.2) is 0 Å². The van der Waals surface area contributed by atoms with Crippen molar-refractivity contribution < 1.29 is 14.6 Å². The molecule has 112 valence electrons. The number of aliphatic hydroxyl groups is 1. The molecule has 2 aromatic carbocycles. The summed E-state index contributed by atoms with van der Waals surface area (Å²) in [5.41, 5.74) is 3.30. The fraction of sp³-hybridized carbons (Fsp3) is 0.333. The van der Waals surface area contributed by atoms with Crippen LogP contribution in [0.15, 0.2) is 42.5 Å². The van der Waals surface area contributed by atoms with Gasteiger partial charge in [0.15, 0.2) is 0 Å². The van der Waals surface area contributed by atoms with Gasteiger partial charge in [0.25, 0.3) is 0 Å². The van der Waals surface area contributed by atoms with Gasteiger partial charge in [0.05, 0.1) is 20.3 Å². The van der Waals surface area contributed by atoms with E-state index in [9.17, 15) is 5.11 Å². The van der Waals surface area contributed by atoms with E-state index in [2.05, 4.69) is 6.07 Å². The summed E-state index contributed by atoms with van der Waals surface area (Å²) < 4.78 is 10.5. The monoisotopic (exact) mass is 286 g/mol. The first-order valence-corrected chi connectivity index (χ1v) is 7.07. The molecule has 2 rings (SSSR count). The van der Waals surface area contributed by atoms with Gasteiger partial charge >= 0.3 is 0 Å². The number of aliphatic hydroxyl groups excluding tert-OH is 1. The summed E-state index contributed by atoms with van der Waals surface area (Å²) >= 11 is 0. The minimum absolute atomic E-state index is 0.436. The van der Waals surface area contributed by atoms with Gasteiger partial charge in [-0.2, -0.15) is 0 Å². The molecule has 2 aromatic rings. The molecule has 3 heteroatoms. The molecule has 0 saturated carbocycles. The Kier molecular flexibility index (Phi) is 5.23. The molecule has 0 spiro atoms. The zero-order valence-electron chi connectivity index (χ0n) is 12.8. The van der Waals surface area contributed by atoms with Crippen LogP contribution in [0, 0.1) is 6.92 Å². The van der Waals surface area contributed by atoms with E-state index >= 15 is 0 Å². The third-order valence-electron chi connectivity index (χ3n) is 3.52. The first-order chi connectivity index (χ1) is 10.1. The van der Waals surface area contributed by atoms with Gasteiger partial charge < -0.3 is 14.6 Å². The molecule has 0 aliphatic rings. The number of ether oxygens (including phenoxy) is 2. The second kappa shape index (κ2) is 7.14. The van der Waals surface area contributed by atoms with Crippen LogP contribution in [0.4, 0.5) is 0 Å². The van der Waals surface area contributed by atoms with Crippen LogP contribution in [0.2, 0.25) is 0 Å². The molecular weight excluding hydrogens is 264 g/mol. The van der Waals surface area contributed by atoms with E-state index in [1.807, 2.05) is 43.3 Å². The van der Waals surface area contributed by atoms with Crippen molar-refractivity contribution in [3.8, 4) is 11.5 Å². The van der Waals surface area contributed by atoms with Crippen molar-refractivity contribution in [2.75, 3.05) is 14.2 Å². The van der Waals surface area contributed by atoms with Crippen molar-refractivity contribution in [1.29, 1.82) is 0 Å². The molecule has 1 N–H and O–H groups in total. The van der Waals surface area contributed by atoms with E-state index < -0.39 is 6.10 Å². The van der Waals surface area contributed by atoms with Gasteiger partial charge in [0.2, 0.25) is 0 Å². The maximum Gasteiger partial charge on any atom is 0.122 e. The van der Waals surface area contributed by atoms with Gasteiger partial charge in [-0.15, -0.1) is 0 Å². The van der Waals surface area contributed by atoms with Gasteiger partial charge in [-0.1, -0.05) is 29.8 Å². The standard InChI is InChI=1S/C18H22O3/c1-13-4-9-18(21-3)15(10-13)12-16(19)11-14-5-7-17(20-2)8-6-14/h4-10,16,19H,11-12H2,1-3H3. The number of benzene rings is 2. The SMILES string of the molecule is COc1ccc(CC(O)Cc2cc(C)ccc2OC)cc1. The smallest absolute Gasteiger partial charge is 0.122 e. The van der Waals surface area contributed by atoms with Crippen LogP contribution < -0.4 is 9.47 Å². The van der Waals surface area contributed by atoms with Crippen LogP contribution in [0.1, 0.15) is 16.7 Å². The molecule has 0 aliphatic heterocycles. The van der Waals surface area contributed by atoms with Crippen molar-refractivity contribution in [1.82, 2.24) is 0 Å². The van der Waals surface area contributed by atoms with E-state index in [0.29, 0.717) is 12.8 Å². The van der Waals surface area contributed by atoms with Gasteiger partial charge in [0, 0.05) is 6.42 Å². The molecule has 1 unspecified atom stereocenters. The largest absolute Gasteiger partial charge is 0.497 e. The maximum absolute atomic E-state index is 10.3. The van der Waals surface area contributed by atoms with E-state index in [1.165, 1.54) is 5.56 Å². The summed E-state index contributed by atoms with van der Waals surface area (Å²) in [6.07, 6.45) is 0.756. The highest BCUT2D eigenvalue weighted by molar-refractivity contribution is 5.37. The van der Waals surface area contributed by atoms with Crippen molar-refractivity contribution in [3.63, 3.8) is 0 Å². The Bertz CT molecular complexity index is 576. The molecule has 0 saturated heterocycles. The predicted molar refractivity (Wildman–Crippen MR) is 84.1 cm³/mol. The molecule has 21 heavy (non-hydrogen) atoms. The van der Waals surface area contributed by atoms with Crippen LogP contribution in [0.25, 0.3) is 0 Å². The normalized spacial score (nSPS) is 12.0. The summed E-state index contributed by atoms with van der Waals surface area (Å²) in [4.78, 5) is 0. The topological polar surface area (TPSA) is 38.7 Å². The van der Waals surface area contributed by atoms with Gasteiger partial charge in [-0.3, -0.25) is 0 Å². The molecule has 0 amide bonds. The molecule has 3 nitrogen and oxygen atoms in total. The first kappa shape index (κ1) is 15.4. The molecule has 0 fully saturated rings. The quantitative estimate of drug-likeness (QED) is 0.886. The first-order valence-electron chi connectivity index (χ1n) is 7.07. The zero-order valence-corrected chi connectivity index (χ0v) is 12.8. The molecule has 0 bridgehead atoms. The lowest BCUT2D eigenvalue weighted by Gasteiger charge is -2.14. The summed E-state index contributed by atoms with van der Waals surface area (Å²) in [5, 5.41) is 10.3. The Morgan fingerprint density at radius 3 is 2.29 bits per heavy atom. The third kappa shape index (κ3) is 4.23. The third-order valence-corrected chi connectivity index (χ3v) is 3.52. The summed E-state index contributed by atoms with van der Waals surface area (Å²) in [5.74, 6) is 1.66. The van der Waals surface area contributed by atoms with Crippen LogP contribution >= 0.6 is 0 Å². The van der Waals surface area contributed by atoms with Crippen molar-refractivity contribution >= 4 is 0 Å². The number of rotatable bonds is 6. The highest BCUT2D eigenvalue weighted by atomic mass is 16.5. The Morgan fingerprint density at radius 1 is 0.952 bits per heavy atom. The summed E-state index contributed by atoms with van der Waals surface area (Å²) in [6.45, 7) is 2.04. The average Bonchev–Trinajstić information content (AvgIpc) is 2.48. The minimum atomic E-state index is -0.436. The minimum Gasteiger partial charge on any atom is -0.497 e. The second-order valence-electron chi connectivity index (χ2n) is 5.23. The molecule has 0 heterocycles. The molecule has 0 aromatic heterocycles. The van der Waals surface area contributed by atoms with Gasteiger partial charge in [0.1, 0.15) is 11.5 Å².